The molecule has 0 aliphatic heterocycles. The highest BCUT2D eigenvalue weighted by molar-refractivity contribution is 7.91. The third kappa shape index (κ3) is 6.99. The number of hydrogen-bond donors (Lipinski definition) is 3. The van der Waals surface area contributed by atoms with Gasteiger partial charge in [-0.3, -0.25) is 9.79 Å². The number of benzene rings is 1. The summed E-state index contributed by atoms with van der Waals surface area (Å²) in [4.78, 5) is 16.1. The largest absolute Gasteiger partial charge is 0.355 e. The average molecular weight is 427 g/mol. The fraction of sp³-hybridized carbons (Fsp3) is 0.600. The molecule has 3 N–H and O–H groups in total. The molecule has 29 heavy (non-hydrogen) atoms. The number of nitrogens with zero attached hydrogens (tertiary/aromatic N) is 1. The van der Waals surface area contributed by atoms with Gasteiger partial charge in [0.15, 0.2) is 15.8 Å². The number of guanidine groups is 1. The number of rotatable bonds is 7. The fourth-order valence-corrected chi connectivity index (χ4v) is 4.70. The molecule has 1 aliphatic carbocycles. The van der Waals surface area contributed by atoms with Gasteiger partial charge in [-0.25, -0.2) is 12.8 Å². The molecule has 1 aliphatic rings. The molecule has 7 nitrogen and oxygen atoms in total. The number of amides is 1. The lowest BCUT2D eigenvalue weighted by Crippen LogP contribution is -2.48. The molecule has 1 amide bonds. The van der Waals surface area contributed by atoms with E-state index in [0.29, 0.717) is 12.4 Å². The van der Waals surface area contributed by atoms with Crippen LogP contribution in [0.4, 0.5) is 4.39 Å². The van der Waals surface area contributed by atoms with Gasteiger partial charge in [0.2, 0.25) is 5.91 Å². The van der Waals surface area contributed by atoms with Crippen LogP contribution in [-0.4, -0.2) is 51.7 Å². The van der Waals surface area contributed by atoms with E-state index >= 15 is 0 Å². The lowest BCUT2D eigenvalue weighted by molar-refractivity contribution is -0.126. The van der Waals surface area contributed by atoms with Crippen LogP contribution >= 0.6 is 0 Å². The third-order valence-corrected chi connectivity index (χ3v) is 6.62. The topological polar surface area (TPSA) is 99.7 Å². The average Bonchev–Trinajstić information content (AvgIpc) is 2.67. The zero-order valence-corrected chi connectivity index (χ0v) is 18.1. The normalized spacial score (nSPS) is 20.4. The van der Waals surface area contributed by atoms with Crippen LogP contribution in [0.3, 0.4) is 0 Å². The van der Waals surface area contributed by atoms with Gasteiger partial charge in [0.05, 0.1) is 5.75 Å². The zero-order valence-electron chi connectivity index (χ0n) is 17.2. The van der Waals surface area contributed by atoms with Crippen molar-refractivity contribution in [2.24, 2.45) is 10.9 Å². The van der Waals surface area contributed by atoms with E-state index in [9.17, 15) is 17.6 Å². The molecule has 0 saturated heterocycles. The lowest BCUT2D eigenvalue weighted by atomic mass is 9.85. The lowest BCUT2D eigenvalue weighted by Gasteiger charge is -2.30. The van der Waals surface area contributed by atoms with Gasteiger partial charge in [-0.1, -0.05) is 18.6 Å². The number of nitrogens with one attached hydrogen (secondary N) is 3. The van der Waals surface area contributed by atoms with Crippen molar-refractivity contribution in [1.29, 1.82) is 0 Å². The second-order valence-corrected chi connectivity index (χ2v) is 9.69. The van der Waals surface area contributed by atoms with Crippen molar-refractivity contribution in [3.63, 3.8) is 0 Å². The highest BCUT2D eigenvalue weighted by atomic mass is 32.2. The van der Waals surface area contributed by atoms with Gasteiger partial charge in [0.25, 0.3) is 0 Å². The van der Waals surface area contributed by atoms with E-state index in [4.69, 9.17) is 0 Å². The first-order valence-electron chi connectivity index (χ1n) is 9.97. The van der Waals surface area contributed by atoms with Gasteiger partial charge < -0.3 is 16.0 Å². The standard InChI is InChI=1S/C20H31FN4O3S/c1-14(2)24-19(26)15-7-6-8-16(13-15)25-20(22-3)23-11-12-29(27,28)18-10-5-4-9-17(18)21/h4-5,9-10,14-16H,6-8,11-13H2,1-3H3,(H,24,26)(H2,22,23,25). The molecule has 0 heterocycles. The van der Waals surface area contributed by atoms with Gasteiger partial charge in [0, 0.05) is 31.6 Å². The van der Waals surface area contributed by atoms with Crippen LogP contribution < -0.4 is 16.0 Å². The van der Waals surface area contributed by atoms with Crippen molar-refractivity contribution in [3.8, 4) is 0 Å². The molecule has 2 atom stereocenters. The monoisotopic (exact) mass is 426 g/mol. The fourth-order valence-electron chi connectivity index (χ4n) is 3.46. The van der Waals surface area contributed by atoms with E-state index in [2.05, 4.69) is 20.9 Å². The van der Waals surface area contributed by atoms with Gasteiger partial charge >= 0.3 is 0 Å². The smallest absolute Gasteiger partial charge is 0.223 e. The Morgan fingerprint density at radius 1 is 1.28 bits per heavy atom. The Morgan fingerprint density at radius 3 is 2.66 bits per heavy atom. The quantitative estimate of drug-likeness (QED) is 0.456. The minimum Gasteiger partial charge on any atom is -0.355 e. The predicted octanol–water partition coefficient (Wildman–Crippen LogP) is 1.85. The van der Waals surface area contributed by atoms with E-state index in [1.54, 1.807) is 7.05 Å². The summed E-state index contributed by atoms with van der Waals surface area (Å²) >= 11 is 0. The van der Waals surface area contributed by atoms with Crippen molar-refractivity contribution in [2.45, 2.75) is 56.5 Å². The van der Waals surface area contributed by atoms with Crippen LogP contribution in [0.25, 0.3) is 0 Å². The molecule has 0 aromatic heterocycles. The van der Waals surface area contributed by atoms with Crippen LogP contribution in [-0.2, 0) is 14.6 Å². The maximum Gasteiger partial charge on any atom is 0.223 e. The first-order valence-corrected chi connectivity index (χ1v) is 11.6. The Balaban J connectivity index is 1.86. The summed E-state index contributed by atoms with van der Waals surface area (Å²) in [7, 11) is -2.13. The minimum absolute atomic E-state index is 0.0387. The molecule has 0 radical (unpaired) electrons. The van der Waals surface area contributed by atoms with Crippen molar-refractivity contribution in [3.05, 3.63) is 30.1 Å². The van der Waals surface area contributed by atoms with Crippen LogP contribution in [0.15, 0.2) is 34.2 Å². The Labute approximate surface area is 172 Å². The summed E-state index contributed by atoms with van der Waals surface area (Å²) < 4.78 is 38.4. The van der Waals surface area contributed by atoms with Gasteiger partial charge in [-0.2, -0.15) is 0 Å². The highest BCUT2D eigenvalue weighted by Crippen LogP contribution is 2.24. The molecular weight excluding hydrogens is 395 g/mol. The molecule has 1 saturated carbocycles. The first-order chi connectivity index (χ1) is 13.7. The predicted molar refractivity (Wildman–Crippen MR) is 112 cm³/mol. The van der Waals surface area contributed by atoms with Gasteiger partial charge in [-0.15, -0.1) is 0 Å². The Bertz CT molecular complexity index is 827. The second kappa shape index (κ2) is 10.6. The van der Waals surface area contributed by atoms with E-state index in [1.807, 2.05) is 13.8 Å². The summed E-state index contributed by atoms with van der Waals surface area (Å²) in [6, 6.07) is 5.55. The summed E-state index contributed by atoms with van der Waals surface area (Å²) in [5.74, 6) is -0.487. The molecule has 1 aromatic rings. The van der Waals surface area contributed by atoms with Crippen LogP contribution in [0.5, 0.6) is 0 Å². The zero-order chi connectivity index (χ0) is 21.4. The SMILES string of the molecule is CN=C(NCCS(=O)(=O)c1ccccc1F)NC1CCCC(C(=O)NC(C)C)C1. The van der Waals surface area contributed by atoms with E-state index in [-0.39, 0.29) is 41.1 Å². The molecule has 162 valence electrons. The number of halogens is 1. The Kier molecular flexibility index (Phi) is 8.43. The van der Waals surface area contributed by atoms with Crippen molar-refractivity contribution < 1.29 is 17.6 Å². The maximum absolute atomic E-state index is 13.8. The molecule has 2 rings (SSSR count). The molecule has 0 bridgehead atoms. The number of carbonyl (C=O) groups excluding carboxylic acids is 1. The van der Waals surface area contributed by atoms with Crippen LogP contribution in [0.2, 0.25) is 0 Å². The van der Waals surface area contributed by atoms with E-state index < -0.39 is 15.7 Å². The number of hydrogen-bond acceptors (Lipinski definition) is 4. The first kappa shape index (κ1) is 23.1. The van der Waals surface area contributed by atoms with Gasteiger partial charge in [-0.05, 0) is 45.2 Å². The molecule has 1 fully saturated rings. The van der Waals surface area contributed by atoms with Gasteiger partial charge in [0.1, 0.15) is 10.7 Å². The van der Waals surface area contributed by atoms with Crippen molar-refractivity contribution in [1.82, 2.24) is 16.0 Å². The number of carbonyl (C=O) groups is 1. The minimum atomic E-state index is -3.73. The number of sulfone groups is 1. The van der Waals surface area contributed by atoms with Crippen molar-refractivity contribution >= 4 is 21.7 Å². The Morgan fingerprint density at radius 2 is 2.00 bits per heavy atom. The maximum atomic E-state index is 13.8. The third-order valence-electron chi connectivity index (χ3n) is 4.88. The summed E-state index contributed by atoms with van der Waals surface area (Å²) in [5, 5.41) is 9.21. The summed E-state index contributed by atoms with van der Waals surface area (Å²) in [6.07, 6.45) is 3.42. The summed E-state index contributed by atoms with van der Waals surface area (Å²) in [6.45, 7) is 3.98. The van der Waals surface area contributed by atoms with Crippen LogP contribution in [0.1, 0.15) is 39.5 Å². The van der Waals surface area contributed by atoms with Crippen molar-refractivity contribution in [2.75, 3.05) is 19.3 Å². The molecular formula is C20H31FN4O3S. The van der Waals surface area contributed by atoms with Crippen LogP contribution in [0, 0.1) is 11.7 Å². The molecule has 9 heteroatoms. The molecule has 0 spiro atoms. The van der Waals surface area contributed by atoms with E-state index in [0.717, 1.165) is 25.3 Å². The second-order valence-electron chi connectivity index (χ2n) is 7.62. The Hall–Kier alpha value is -2.16. The van der Waals surface area contributed by atoms with E-state index in [1.165, 1.54) is 18.2 Å². The molecule has 1 aromatic carbocycles. The molecule has 2 unspecified atom stereocenters. The highest BCUT2D eigenvalue weighted by Gasteiger charge is 2.28. The number of aliphatic imine (C=N–C) groups is 1. The summed E-state index contributed by atoms with van der Waals surface area (Å²) in [5.41, 5.74) is 0.